The highest BCUT2D eigenvalue weighted by atomic mass is 16.6. The number of anilines is 1. The van der Waals surface area contributed by atoms with Crippen LogP contribution in [0.3, 0.4) is 0 Å². The number of rotatable bonds is 3. The van der Waals surface area contributed by atoms with E-state index in [1.54, 1.807) is 12.1 Å². The first-order valence-corrected chi connectivity index (χ1v) is 9.13. The van der Waals surface area contributed by atoms with Crippen molar-refractivity contribution in [2.45, 2.75) is 38.6 Å². The number of hydrazone groups is 1. The van der Waals surface area contributed by atoms with Crippen molar-refractivity contribution in [3.05, 3.63) is 64.2 Å². The van der Waals surface area contributed by atoms with Gasteiger partial charge in [0.1, 0.15) is 12.8 Å². The Morgan fingerprint density at radius 1 is 1.22 bits per heavy atom. The first-order chi connectivity index (χ1) is 12.8. The van der Waals surface area contributed by atoms with Gasteiger partial charge in [-0.3, -0.25) is 15.1 Å². The lowest BCUT2D eigenvalue weighted by Gasteiger charge is -2.19. The van der Waals surface area contributed by atoms with Crippen molar-refractivity contribution in [3.8, 4) is 0 Å². The Bertz CT molecular complexity index is 992. The third-order valence-corrected chi connectivity index (χ3v) is 5.58. The van der Waals surface area contributed by atoms with Crippen molar-refractivity contribution in [1.29, 1.82) is 0 Å². The maximum atomic E-state index is 11.2. The van der Waals surface area contributed by atoms with Crippen LogP contribution in [-0.2, 0) is 5.41 Å². The van der Waals surface area contributed by atoms with Crippen LogP contribution in [0, 0.1) is 10.1 Å². The molecule has 0 aromatic heterocycles. The fourth-order valence-electron chi connectivity index (χ4n) is 4.32. The molecule has 0 N–H and O–H groups in total. The van der Waals surface area contributed by atoms with Gasteiger partial charge in [0.25, 0.3) is 5.69 Å². The van der Waals surface area contributed by atoms with Gasteiger partial charge in [0.05, 0.1) is 22.1 Å². The summed E-state index contributed by atoms with van der Waals surface area (Å²) in [4.78, 5) is 10.9. The number of nitro benzene ring substituents is 1. The quantitative estimate of drug-likeness (QED) is 0.465. The molecule has 6 nitrogen and oxygen atoms in total. The number of benzene rings is 2. The van der Waals surface area contributed by atoms with Crippen LogP contribution in [0.15, 0.2) is 53.6 Å². The van der Waals surface area contributed by atoms with Crippen molar-refractivity contribution in [2.75, 3.05) is 12.1 Å². The van der Waals surface area contributed by atoms with E-state index < -0.39 is 0 Å². The first-order valence-electron chi connectivity index (χ1n) is 9.13. The van der Waals surface area contributed by atoms with E-state index in [-0.39, 0.29) is 22.1 Å². The van der Waals surface area contributed by atoms with Crippen LogP contribution in [0.2, 0.25) is 0 Å². The minimum absolute atomic E-state index is 0.129. The van der Waals surface area contributed by atoms with Crippen molar-refractivity contribution in [3.63, 3.8) is 0 Å². The zero-order valence-electron chi connectivity index (χ0n) is 16.0. The Morgan fingerprint density at radius 3 is 2.59 bits per heavy atom. The number of nitro groups is 1. The van der Waals surface area contributed by atoms with Gasteiger partial charge >= 0.3 is 0 Å². The van der Waals surface area contributed by atoms with E-state index >= 15 is 0 Å². The maximum absolute atomic E-state index is 11.2. The molecule has 0 radical (unpaired) electrons. The molecule has 0 saturated carbocycles. The average Bonchev–Trinajstić information content (AvgIpc) is 3.10. The Kier molecular flexibility index (Phi) is 3.87. The molecule has 0 fully saturated rings. The van der Waals surface area contributed by atoms with E-state index in [1.807, 2.05) is 31.3 Å². The van der Waals surface area contributed by atoms with Gasteiger partial charge in [-0.25, -0.2) is 0 Å². The van der Waals surface area contributed by atoms with E-state index in [9.17, 15) is 10.1 Å². The Labute approximate surface area is 158 Å². The van der Waals surface area contributed by atoms with Crippen LogP contribution < -0.4 is 5.01 Å². The van der Waals surface area contributed by atoms with E-state index in [1.165, 1.54) is 0 Å². The molecule has 0 amide bonds. The molecule has 0 spiro atoms. The largest absolute Gasteiger partial charge is 0.270 e. The number of nitrogens with zero attached hydrogens (tertiary/aromatic N) is 4. The minimum atomic E-state index is -0.346. The molecule has 0 saturated heterocycles. The second-order valence-electron chi connectivity index (χ2n) is 7.77. The Hall–Kier alpha value is -3.02. The van der Waals surface area contributed by atoms with E-state index in [4.69, 9.17) is 5.10 Å². The van der Waals surface area contributed by atoms with Gasteiger partial charge in [0.2, 0.25) is 11.4 Å². The van der Waals surface area contributed by atoms with Gasteiger partial charge in [-0.2, -0.15) is 9.68 Å². The van der Waals surface area contributed by atoms with E-state index in [2.05, 4.69) is 42.5 Å². The molecule has 2 aromatic carbocycles. The summed E-state index contributed by atoms with van der Waals surface area (Å²) >= 11 is 0. The fraction of sp³-hybridized carbons (Fsp3) is 0.333. The van der Waals surface area contributed by atoms with Crippen molar-refractivity contribution < 1.29 is 9.50 Å². The van der Waals surface area contributed by atoms with Crippen LogP contribution in [0.4, 0.5) is 17.1 Å². The van der Waals surface area contributed by atoms with Gasteiger partial charge in [0.15, 0.2) is 0 Å². The number of hydrogen-bond donors (Lipinski definition) is 0. The van der Waals surface area contributed by atoms with Gasteiger partial charge in [-0.05, 0) is 32.9 Å². The zero-order chi connectivity index (χ0) is 19.3. The number of hydrogen-bond acceptors (Lipinski definition) is 4. The first kappa shape index (κ1) is 17.4. The minimum Gasteiger partial charge on any atom is -0.262 e. The second kappa shape index (κ2) is 6.01. The summed E-state index contributed by atoms with van der Waals surface area (Å²) in [6, 6.07) is 15.5. The summed E-state index contributed by atoms with van der Waals surface area (Å²) in [5.41, 5.74) is 5.00. The summed E-state index contributed by atoms with van der Waals surface area (Å²) < 4.78 is 2.14. The van der Waals surface area contributed by atoms with Crippen LogP contribution in [0.1, 0.15) is 32.8 Å². The fourth-order valence-corrected chi connectivity index (χ4v) is 4.32. The summed E-state index contributed by atoms with van der Waals surface area (Å²) in [6.07, 6.45) is 0.841. The van der Waals surface area contributed by atoms with Gasteiger partial charge < -0.3 is 0 Å². The van der Waals surface area contributed by atoms with Gasteiger partial charge in [0, 0.05) is 30.2 Å². The molecule has 1 unspecified atom stereocenters. The molecule has 1 atom stereocenters. The molecule has 4 rings (SSSR count). The van der Waals surface area contributed by atoms with Crippen LogP contribution in [-0.4, -0.2) is 34.0 Å². The number of fused-ring (bicyclic) bond motifs is 1. The maximum Gasteiger partial charge on any atom is 0.270 e. The van der Waals surface area contributed by atoms with Crippen molar-refractivity contribution in [2.24, 2.45) is 5.10 Å². The lowest BCUT2D eigenvalue weighted by molar-refractivity contribution is -0.401. The average molecular weight is 363 g/mol. The third kappa shape index (κ3) is 2.63. The highest BCUT2D eigenvalue weighted by molar-refractivity contribution is 6.45. The standard InChI is InChI=1S/C21H23N4O2/c1-14-12-18(22-24(14)15-8-6-5-7-9-15)20-21(2,3)17-13-16(25(26)27)10-11-19(17)23(20)4/h5-11,13-14H,12H2,1-4H3/q+1. The van der Waals surface area contributed by atoms with Crippen LogP contribution >= 0.6 is 0 Å². The Morgan fingerprint density at radius 2 is 1.93 bits per heavy atom. The van der Waals surface area contributed by atoms with E-state index in [0.717, 1.165) is 34.8 Å². The summed E-state index contributed by atoms with van der Waals surface area (Å²) in [5, 5.41) is 18.2. The SMILES string of the molecule is CC1CC(C2=[N+](C)c3ccc([N+](=O)[O-])cc3C2(C)C)=NN1c1ccccc1. The molecule has 6 heteroatoms. The molecule has 2 aromatic rings. The lowest BCUT2D eigenvalue weighted by atomic mass is 9.79. The zero-order valence-corrected chi connectivity index (χ0v) is 16.0. The molecule has 138 valence electrons. The van der Waals surface area contributed by atoms with Crippen LogP contribution in [0.5, 0.6) is 0 Å². The lowest BCUT2D eigenvalue weighted by Crippen LogP contribution is -2.35. The molecule has 27 heavy (non-hydrogen) atoms. The molecular formula is C21H23N4O2+. The topological polar surface area (TPSA) is 61.8 Å². The predicted octanol–water partition coefficient (Wildman–Crippen LogP) is 4.26. The van der Waals surface area contributed by atoms with Crippen LogP contribution in [0.25, 0.3) is 0 Å². The van der Waals surface area contributed by atoms with Crippen molar-refractivity contribution >= 4 is 28.5 Å². The third-order valence-electron chi connectivity index (χ3n) is 5.58. The molecule has 0 aliphatic carbocycles. The molecule has 2 aliphatic rings. The highest BCUT2D eigenvalue weighted by Gasteiger charge is 2.49. The molecular weight excluding hydrogens is 340 g/mol. The van der Waals surface area contributed by atoms with Crippen molar-refractivity contribution in [1.82, 2.24) is 0 Å². The summed E-state index contributed by atoms with van der Waals surface area (Å²) in [6.45, 7) is 6.41. The number of para-hydroxylation sites is 1. The predicted molar refractivity (Wildman–Crippen MR) is 107 cm³/mol. The molecule has 0 bridgehead atoms. The Balaban J connectivity index is 1.78. The number of non-ortho nitro benzene ring substituents is 1. The smallest absolute Gasteiger partial charge is 0.262 e. The van der Waals surface area contributed by atoms with E-state index in [0.29, 0.717) is 0 Å². The molecule has 2 heterocycles. The van der Waals surface area contributed by atoms with Gasteiger partial charge in [-0.1, -0.05) is 18.2 Å². The van der Waals surface area contributed by atoms with Gasteiger partial charge in [-0.15, -0.1) is 0 Å². The highest BCUT2D eigenvalue weighted by Crippen LogP contribution is 2.42. The summed E-state index contributed by atoms with van der Waals surface area (Å²) in [5.74, 6) is 0. The second-order valence-corrected chi connectivity index (χ2v) is 7.77. The monoisotopic (exact) mass is 363 g/mol. The normalized spacial score (nSPS) is 20.7. The molecule has 2 aliphatic heterocycles. The summed E-state index contributed by atoms with van der Waals surface area (Å²) in [7, 11) is 2.02.